The monoisotopic (exact) mass is 292 g/mol. The van der Waals surface area contributed by atoms with Gasteiger partial charge in [-0.1, -0.05) is 30.3 Å². The van der Waals surface area contributed by atoms with Crippen molar-refractivity contribution < 1.29 is 17.7 Å². The molecule has 0 fully saturated rings. The summed E-state index contributed by atoms with van der Waals surface area (Å²) < 4.78 is 29.1. The minimum atomic E-state index is -3.72. The smallest absolute Gasteiger partial charge is 0.297 e. The molecule has 0 aromatic heterocycles. The van der Waals surface area contributed by atoms with Crippen LogP contribution in [-0.2, 0) is 20.7 Å². The van der Waals surface area contributed by atoms with E-state index in [0.29, 0.717) is 12.0 Å². The van der Waals surface area contributed by atoms with Crippen molar-refractivity contribution in [2.75, 3.05) is 6.61 Å². The average Bonchev–Trinajstić information content (AvgIpc) is 2.41. The SMILES string of the molecule is Cc1ccccc1S(=O)(=O)OCCc1ccc(O)cc1. The lowest BCUT2D eigenvalue weighted by atomic mass is 10.2. The van der Waals surface area contributed by atoms with Crippen LogP contribution < -0.4 is 0 Å². The number of phenols is 1. The molecule has 1 N–H and O–H groups in total. The van der Waals surface area contributed by atoms with Crippen molar-refractivity contribution in [1.29, 1.82) is 0 Å². The van der Waals surface area contributed by atoms with Crippen LogP contribution in [0.1, 0.15) is 11.1 Å². The Morgan fingerprint density at radius 3 is 2.35 bits per heavy atom. The van der Waals surface area contributed by atoms with Crippen LogP contribution in [0.3, 0.4) is 0 Å². The number of rotatable bonds is 5. The quantitative estimate of drug-likeness (QED) is 0.861. The molecule has 0 bridgehead atoms. The highest BCUT2D eigenvalue weighted by Crippen LogP contribution is 2.17. The van der Waals surface area contributed by atoms with Crippen molar-refractivity contribution in [2.45, 2.75) is 18.2 Å². The summed E-state index contributed by atoms with van der Waals surface area (Å²) in [6.07, 6.45) is 0.464. The first-order valence-corrected chi connectivity index (χ1v) is 7.63. The molecule has 0 aliphatic rings. The van der Waals surface area contributed by atoms with E-state index in [-0.39, 0.29) is 17.3 Å². The highest BCUT2D eigenvalue weighted by molar-refractivity contribution is 7.86. The fourth-order valence-corrected chi connectivity index (χ4v) is 2.97. The number of aromatic hydroxyl groups is 1. The summed E-state index contributed by atoms with van der Waals surface area (Å²) in [6, 6.07) is 13.3. The first-order valence-electron chi connectivity index (χ1n) is 6.22. The Kier molecular flexibility index (Phi) is 4.42. The third-order valence-electron chi connectivity index (χ3n) is 2.93. The molecule has 5 heteroatoms. The second-order valence-corrected chi connectivity index (χ2v) is 6.04. The molecule has 0 amide bonds. The minimum Gasteiger partial charge on any atom is -0.508 e. The summed E-state index contributed by atoms with van der Waals surface area (Å²) in [7, 11) is -3.72. The lowest BCUT2D eigenvalue weighted by Gasteiger charge is -2.08. The molecule has 2 rings (SSSR count). The largest absolute Gasteiger partial charge is 0.508 e. The first-order chi connectivity index (χ1) is 9.49. The lowest BCUT2D eigenvalue weighted by molar-refractivity contribution is 0.322. The fraction of sp³-hybridized carbons (Fsp3) is 0.200. The van der Waals surface area contributed by atoms with Gasteiger partial charge in [0, 0.05) is 0 Å². The van der Waals surface area contributed by atoms with Crippen LogP contribution in [0.4, 0.5) is 0 Å². The molecule has 0 radical (unpaired) electrons. The Balaban J connectivity index is 2.00. The Morgan fingerprint density at radius 2 is 1.70 bits per heavy atom. The van der Waals surface area contributed by atoms with Gasteiger partial charge in [0.15, 0.2) is 0 Å². The molecule has 0 atom stereocenters. The maximum absolute atomic E-state index is 12.0. The number of benzene rings is 2. The lowest BCUT2D eigenvalue weighted by Crippen LogP contribution is -2.10. The van der Waals surface area contributed by atoms with Crippen LogP contribution in [0.5, 0.6) is 5.75 Å². The molecule has 0 aliphatic carbocycles. The van der Waals surface area contributed by atoms with Crippen LogP contribution in [0, 0.1) is 6.92 Å². The van der Waals surface area contributed by atoms with Gasteiger partial charge in [-0.3, -0.25) is 4.18 Å². The zero-order valence-electron chi connectivity index (χ0n) is 11.1. The molecular weight excluding hydrogens is 276 g/mol. The molecular formula is C15H16O4S. The van der Waals surface area contributed by atoms with Gasteiger partial charge in [-0.05, 0) is 42.7 Å². The fourth-order valence-electron chi connectivity index (χ4n) is 1.83. The molecule has 20 heavy (non-hydrogen) atoms. The Morgan fingerprint density at radius 1 is 1.05 bits per heavy atom. The summed E-state index contributed by atoms with van der Waals surface area (Å²) in [5, 5.41) is 9.16. The zero-order chi connectivity index (χ0) is 14.6. The molecule has 2 aromatic rings. The molecule has 106 valence electrons. The van der Waals surface area contributed by atoms with Crippen molar-refractivity contribution >= 4 is 10.1 Å². The molecule has 0 saturated carbocycles. The number of phenolic OH excluding ortho intramolecular Hbond substituents is 1. The first kappa shape index (κ1) is 14.6. The average molecular weight is 292 g/mol. The van der Waals surface area contributed by atoms with Gasteiger partial charge in [-0.25, -0.2) is 0 Å². The maximum Gasteiger partial charge on any atom is 0.297 e. The van der Waals surface area contributed by atoms with Gasteiger partial charge >= 0.3 is 0 Å². The van der Waals surface area contributed by atoms with Crippen molar-refractivity contribution in [3.05, 3.63) is 59.7 Å². The Labute approximate surface area is 118 Å². The maximum atomic E-state index is 12.0. The van der Waals surface area contributed by atoms with E-state index in [1.54, 1.807) is 49.4 Å². The standard InChI is InChI=1S/C15H16O4S/c1-12-4-2-3-5-15(12)20(17,18)19-11-10-13-6-8-14(16)9-7-13/h2-9,16H,10-11H2,1H3. The third kappa shape index (κ3) is 3.59. The second kappa shape index (κ2) is 6.07. The van der Waals surface area contributed by atoms with E-state index in [9.17, 15) is 8.42 Å². The molecule has 0 unspecified atom stereocenters. The molecule has 0 heterocycles. The van der Waals surface area contributed by atoms with Gasteiger partial charge in [-0.2, -0.15) is 8.42 Å². The Bertz CT molecular complexity index is 675. The van der Waals surface area contributed by atoms with Crippen LogP contribution in [-0.4, -0.2) is 20.1 Å². The normalized spacial score (nSPS) is 11.4. The zero-order valence-corrected chi connectivity index (χ0v) is 11.9. The molecule has 0 spiro atoms. The van der Waals surface area contributed by atoms with Gasteiger partial charge in [0.2, 0.25) is 0 Å². The van der Waals surface area contributed by atoms with Crippen LogP contribution in [0.15, 0.2) is 53.4 Å². The van der Waals surface area contributed by atoms with Crippen molar-refractivity contribution in [1.82, 2.24) is 0 Å². The van der Waals surface area contributed by atoms with Crippen molar-refractivity contribution in [3.8, 4) is 5.75 Å². The summed E-state index contributed by atoms with van der Waals surface area (Å²) >= 11 is 0. The van der Waals surface area contributed by atoms with Gasteiger partial charge < -0.3 is 5.11 Å². The van der Waals surface area contributed by atoms with Gasteiger partial charge in [0.05, 0.1) is 11.5 Å². The Hall–Kier alpha value is -1.85. The minimum absolute atomic E-state index is 0.0709. The number of hydrogen-bond acceptors (Lipinski definition) is 4. The van der Waals surface area contributed by atoms with E-state index in [2.05, 4.69) is 0 Å². The molecule has 4 nitrogen and oxygen atoms in total. The number of hydrogen-bond donors (Lipinski definition) is 1. The van der Waals surface area contributed by atoms with E-state index < -0.39 is 10.1 Å². The van der Waals surface area contributed by atoms with Crippen molar-refractivity contribution in [2.24, 2.45) is 0 Å². The predicted octanol–water partition coefficient (Wildman–Crippen LogP) is 2.65. The highest BCUT2D eigenvalue weighted by Gasteiger charge is 2.16. The number of aryl methyl sites for hydroxylation is 1. The van der Waals surface area contributed by atoms with Crippen LogP contribution >= 0.6 is 0 Å². The van der Waals surface area contributed by atoms with Gasteiger partial charge in [0.25, 0.3) is 10.1 Å². The third-order valence-corrected chi connectivity index (χ3v) is 4.40. The summed E-state index contributed by atoms with van der Waals surface area (Å²) in [6.45, 7) is 1.80. The van der Waals surface area contributed by atoms with Gasteiger partial charge in [-0.15, -0.1) is 0 Å². The summed E-state index contributed by atoms with van der Waals surface area (Å²) in [4.78, 5) is 0.200. The predicted molar refractivity (Wildman–Crippen MR) is 76.1 cm³/mol. The van der Waals surface area contributed by atoms with E-state index in [0.717, 1.165) is 5.56 Å². The van der Waals surface area contributed by atoms with Crippen LogP contribution in [0.25, 0.3) is 0 Å². The molecule has 0 aliphatic heterocycles. The highest BCUT2D eigenvalue weighted by atomic mass is 32.2. The second-order valence-electron chi connectivity index (χ2n) is 4.46. The summed E-state index contributed by atoms with van der Waals surface area (Å²) in [5.41, 5.74) is 1.57. The van der Waals surface area contributed by atoms with Crippen LogP contribution in [0.2, 0.25) is 0 Å². The topological polar surface area (TPSA) is 63.6 Å². The van der Waals surface area contributed by atoms with Crippen molar-refractivity contribution in [3.63, 3.8) is 0 Å². The van der Waals surface area contributed by atoms with E-state index >= 15 is 0 Å². The molecule has 0 saturated heterocycles. The van der Waals surface area contributed by atoms with E-state index in [4.69, 9.17) is 9.29 Å². The van der Waals surface area contributed by atoms with E-state index in [1.165, 1.54) is 6.07 Å². The van der Waals surface area contributed by atoms with E-state index in [1.807, 2.05) is 0 Å². The summed E-state index contributed by atoms with van der Waals surface area (Å²) in [5.74, 6) is 0.183. The van der Waals surface area contributed by atoms with Gasteiger partial charge in [0.1, 0.15) is 5.75 Å². The molecule has 2 aromatic carbocycles.